The maximum Gasteiger partial charge on any atom is 0.228 e. The number of carbonyl (C=O) groups is 1. The fourth-order valence-corrected chi connectivity index (χ4v) is 7.76. The second-order valence-electron chi connectivity index (χ2n) is 8.35. The van der Waals surface area contributed by atoms with Gasteiger partial charge in [0.05, 0.1) is 12.0 Å². The van der Waals surface area contributed by atoms with E-state index in [-0.39, 0.29) is 11.3 Å². The Bertz CT molecular complexity index is 730. The van der Waals surface area contributed by atoms with Crippen LogP contribution >= 0.6 is 11.3 Å². The minimum atomic E-state index is -3.16. The minimum Gasteiger partial charge on any atom is -0.340 e. The molecule has 1 aromatic heterocycles. The van der Waals surface area contributed by atoms with Gasteiger partial charge in [0, 0.05) is 18.2 Å². The smallest absolute Gasteiger partial charge is 0.228 e. The topological polar surface area (TPSA) is 54.5 Å². The van der Waals surface area contributed by atoms with Gasteiger partial charge in [0.1, 0.15) is 4.21 Å². The van der Waals surface area contributed by atoms with E-state index in [1.807, 2.05) is 18.0 Å². The highest BCUT2D eigenvalue weighted by Crippen LogP contribution is 2.60. The maximum atomic E-state index is 13.2. The Labute approximate surface area is 148 Å². The number of sulfone groups is 1. The Balaban J connectivity index is 1.49. The SMILES string of the molecule is CN(Cc1ccc(S(C)(=O)=O)s1)C(=O)C12CC3CC(CC(C3)C1)C2. The summed E-state index contributed by atoms with van der Waals surface area (Å²) in [4.78, 5) is 16.0. The molecular formula is C18H25NO3S2. The number of amides is 1. The molecule has 4 fully saturated rings. The lowest BCUT2D eigenvalue weighted by atomic mass is 9.49. The van der Waals surface area contributed by atoms with Gasteiger partial charge in [-0.25, -0.2) is 8.42 Å². The summed E-state index contributed by atoms with van der Waals surface area (Å²) in [7, 11) is -1.28. The molecule has 6 heteroatoms. The number of hydrogen-bond donors (Lipinski definition) is 0. The van der Waals surface area contributed by atoms with E-state index in [9.17, 15) is 13.2 Å². The van der Waals surface area contributed by atoms with Gasteiger partial charge in [-0.15, -0.1) is 11.3 Å². The molecule has 132 valence electrons. The van der Waals surface area contributed by atoms with Crippen molar-refractivity contribution in [3.8, 4) is 0 Å². The molecule has 24 heavy (non-hydrogen) atoms. The molecule has 4 aliphatic carbocycles. The van der Waals surface area contributed by atoms with Crippen molar-refractivity contribution in [2.45, 2.75) is 49.3 Å². The van der Waals surface area contributed by atoms with Crippen molar-refractivity contribution in [1.82, 2.24) is 4.90 Å². The zero-order chi connectivity index (χ0) is 17.1. The van der Waals surface area contributed by atoms with Gasteiger partial charge in [-0.1, -0.05) is 0 Å². The summed E-state index contributed by atoms with van der Waals surface area (Å²) in [6.07, 6.45) is 8.44. The van der Waals surface area contributed by atoms with Gasteiger partial charge in [0.2, 0.25) is 5.91 Å². The van der Waals surface area contributed by atoms with Crippen molar-refractivity contribution < 1.29 is 13.2 Å². The van der Waals surface area contributed by atoms with Gasteiger partial charge >= 0.3 is 0 Å². The van der Waals surface area contributed by atoms with Gasteiger partial charge < -0.3 is 4.90 Å². The average molecular weight is 368 g/mol. The van der Waals surface area contributed by atoms with Crippen LogP contribution in [0.3, 0.4) is 0 Å². The van der Waals surface area contributed by atoms with Crippen LogP contribution in [0.2, 0.25) is 0 Å². The van der Waals surface area contributed by atoms with Crippen LogP contribution in [0.4, 0.5) is 0 Å². The summed E-state index contributed by atoms with van der Waals surface area (Å²) >= 11 is 1.28. The number of rotatable bonds is 4. The largest absolute Gasteiger partial charge is 0.340 e. The summed E-state index contributed by atoms with van der Waals surface area (Å²) in [5.41, 5.74) is -0.125. The number of nitrogens with zero attached hydrogens (tertiary/aromatic N) is 1. The minimum absolute atomic E-state index is 0.125. The number of hydrogen-bond acceptors (Lipinski definition) is 4. The highest BCUT2D eigenvalue weighted by atomic mass is 32.2. The van der Waals surface area contributed by atoms with Crippen molar-refractivity contribution in [3.63, 3.8) is 0 Å². The lowest BCUT2D eigenvalue weighted by Crippen LogP contribution is -2.53. The molecule has 0 saturated heterocycles. The summed E-state index contributed by atoms with van der Waals surface area (Å²) in [6, 6.07) is 3.49. The molecule has 0 aliphatic heterocycles. The molecule has 4 aliphatic rings. The van der Waals surface area contributed by atoms with Gasteiger partial charge in [-0.3, -0.25) is 4.79 Å². The predicted octanol–water partition coefficient (Wildman–Crippen LogP) is 3.33. The van der Waals surface area contributed by atoms with Gasteiger partial charge in [0.15, 0.2) is 9.84 Å². The monoisotopic (exact) mass is 367 g/mol. The average Bonchev–Trinajstić information content (AvgIpc) is 2.93. The van der Waals surface area contributed by atoms with E-state index in [0.29, 0.717) is 10.8 Å². The van der Waals surface area contributed by atoms with Crippen LogP contribution in [0.25, 0.3) is 0 Å². The Morgan fingerprint density at radius 2 is 1.71 bits per heavy atom. The summed E-state index contributed by atoms with van der Waals surface area (Å²) < 4.78 is 23.6. The van der Waals surface area contributed by atoms with E-state index in [0.717, 1.165) is 41.9 Å². The first-order valence-electron chi connectivity index (χ1n) is 8.79. The molecule has 4 saturated carbocycles. The number of carbonyl (C=O) groups excluding carboxylic acids is 1. The van der Waals surface area contributed by atoms with E-state index >= 15 is 0 Å². The van der Waals surface area contributed by atoms with Crippen LogP contribution in [-0.2, 0) is 21.2 Å². The highest BCUT2D eigenvalue weighted by molar-refractivity contribution is 7.92. The van der Waals surface area contributed by atoms with Crippen molar-refractivity contribution in [1.29, 1.82) is 0 Å². The van der Waals surface area contributed by atoms with Crippen molar-refractivity contribution in [2.75, 3.05) is 13.3 Å². The molecule has 1 amide bonds. The molecule has 4 bridgehead atoms. The fraction of sp³-hybridized carbons (Fsp3) is 0.722. The van der Waals surface area contributed by atoms with Gasteiger partial charge in [-0.2, -0.15) is 0 Å². The molecule has 0 aromatic carbocycles. The summed E-state index contributed by atoms with van der Waals surface area (Å²) in [6.45, 7) is 0.515. The summed E-state index contributed by atoms with van der Waals surface area (Å²) in [5, 5.41) is 0. The van der Waals surface area contributed by atoms with E-state index in [2.05, 4.69) is 0 Å². The Hall–Kier alpha value is -0.880. The quantitative estimate of drug-likeness (QED) is 0.820. The Morgan fingerprint density at radius 1 is 1.17 bits per heavy atom. The third kappa shape index (κ3) is 2.81. The van der Waals surface area contributed by atoms with Crippen LogP contribution in [0.15, 0.2) is 16.3 Å². The molecule has 0 spiro atoms. The normalized spacial score (nSPS) is 34.5. The van der Waals surface area contributed by atoms with E-state index in [1.165, 1.54) is 36.9 Å². The zero-order valence-corrected chi connectivity index (χ0v) is 16.0. The second-order valence-corrected chi connectivity index (χ2v) is 11.8. The first-order chi connectivity index (χ1) is 11.2. The van der Waals surface area contributed by atoms with Gasteiger partial charge in [-0.05, 0) is 68.4 Å². The maximum absolute atomic E-state index is 13.2. The van der Waals surface area contributed by atoms with Crippen LogP contribution in [0.5, 0.6) is 0 Å². The standard InChI is InChI=1S/C18H25NO3S2/c1-19(11-15-3-4-16(23-15)24(2,21)22)17(20)18-8-12-5-13(9-18)7-14(6-12)10-18/h3-4,12-14H,5-11H2,1-2H3. The Kier molecular flexibility index (Phi) is 3.84. The third-order valence-electron chi connectivity index (χ3n) is 6.23. The lowest BCUT2D eigenvalue weighted by molar-refractivity contribution is -0.156. The van der Waals surface area contributed by atoms with E-state index in [1.54, 1.807) is 6.07 Å². The zero-order valence-electron chi connectivity index (χ0n) is 14.3. The molecule has 5 rings (SSSR count). The van der Waals surface area contributed by atoms with Crippen LogP contribution in [-0.4, -0.2) is 32.5 Å². The molecule has 4 nitrogen and oxygen atoms in total. The molecule has 0 N–H and O–H groups in total. The lowest BCUT2D eigenvalue weighted by Gasteiger charge is -2.56. The number of thiophene rings is 1. The van der Waals surface area contributed by atoms with Crippen molar-refractivity contribution in [2.24, 2.45) is 23.2 Å². The molecule has 0 unspecified atom stereocenters. The first kappa shape index (κ1) is 16.6. The molecular weight excluding hydrogens is 342 g/mol. The molecule has 1 heterocycles. The van der Waals surface area contributed by atoms with Crippen LogP contribution in [0, 0.1) is 23.2 Å². The van der Waals surface area contributed by atoms with Crippen LogP contribution < -0.4 is 0 Å². The third-order valence-corrected chi connectivity index (χ3v) is 9.12. The fourth-order valence-electron chi connectivity index (χ4n) is 5.73. The molecule has 0 atom stereocenters. The Morgan fingerprint density at radius 3 is 2.17 bits per heavy atom. The first-order valence-corrected chi connectivity index (χ1v) is 11.5. The van der Waals surface area contributed by atoms with E-state index in [4.69, 9.17) is 0 Å². The second kappa shape index (κ2) is 5.56. The van der Waals surface area contributed by atoms with Crippen molar-refractivity contribution in [3.05, 3.63) is 17.0 Å². The molecule has 0 radical (unpaired) electrons. The predicted molar refractivity (Wildman–Crippen MR) is 94.5 cm³/mol. The van der Waals surface area contributed by atoms with Gasteiger partial charge in [0.25, 0.3) is 0 Å². The van der Waals surface area contributed by atoms with E-state index < -0.39 is 9.84 Å². The highest BCUT2D eigenvalue weighted by Gasteiger charge is 2.55. The molecule has 1 aromatic rings. The summed E-state index contributed by atoms with van der Waals surface area (Å²) in [5.74, 6) is 2.56. The van der Waals surface area contributed by atoms with Crippen LogP contribution in [0.1, 0.15) is 43.4 Å². The van der Waals surface area contributed by atoms with Crippen molar-refractivity contribution >= 4 is 27.1 Å².